The lowest BCUT2D eigenvalue weighted by molar-refractivity contribution is -0.887. The van der Waals surface area contributed by atoms with Gasteiger partial charge in [-0.25, -0.2) is 0 Å². The molecule has 0 bridgehead atoms. The lowest BCUT2D eigenvalue weighted by Crippen LogP contribution is -3.09. The first-order valence-corrected chi connectivity index (χ1v) is 17.4. The molecule has 0 aliphatic carbocycles. The molecule has 1 aliphatic heterocycles. The van der Waals surface area contributed by atoms with Crippen LogP contribution in [0.2, 0.25) is 0 Å². The van der Waals surface area contributed by atoms with E-state index < -0.39 is 8.60 Å². The highest BCUT2D eigenvalue weighted by Crippen LogP contribution is 2.34. The maximum atomic E-state index is 11.6. The molecular formula is C31H63NO5P+. The van der Waals surface area contributed by atoms with E-state index in [1.165, 1.54) is 122 Å². The third kappa shape index (κ3) is 23.8. The van der Waals surface area contributed by atoms with Crippen LogP contribution in [0.4, 0.5) is 0 Å². The van der Waals surface area contributed by atoms with Gasteiger partial charge in [-0.2, -0.15) is 0 Å². The van der Waals surface area contributed by atoms with Gasteiger partial charge in [0.15, 0.2) is 0 Å². The Morgan fingerprint density at radius 1 is 0.737 bits per heavy atom. The fourth-order valence-electron chi connectivity index (χ4n) is 5.35. The van der Waals surface area contributed by atoms with Gasteiger partial charge in [-0.15, -0.1) is 0 Å². The average Bonchev–Trinajstić information content (AvgIpc) is 3.42. The maximum Gasteiger partial charge on any atom is 0.329 e. The van der Waals surface area contributed by atoms with E-state index in [-0.39, 0.29) is 11.7 Å². The summed E-state index contributed by atoms with van der Waals surface area (Å²) in [4.78, 5) is 23.4. The molecule has 38 heavy (non-hydrogen) atoms. The molecule has 0 saturated carbocycles. The van der Waals surface area contributed by atoms with Crippen LogP contribution in [-0.2, 0) is 18.6 Å². The Balaban J connectivity index is 1.91. The van der Waals surface area contributed by atoms with Crippen molar-refractivity contribution in [1.29, 1.82) is 0 Å². The summed E-state index contributed by atoms with van der Waals surface area (Å²) in [6.45, 7) is 9.75. The lowest BCUT2D eigenvalue weighted by Gasteiger charge is -2.18. The molecule has 7 heteroatoms. The van der Waals surface area contributed by atoms with Crippen molar-refractivity contribution in [3.05, 3.63) is 0 Å². The first-order chi connectivity index (χ1) is 18.6. The summed E-state index contributed by atoms with van der Waals surface area (Å²) in [5, 5.41) is 0. The zero-order valence-corrected chi connectivity index (χ0v) is 26.1. The van der Waals surface area contributed by atoms with E-state index in [2.05, 4.69) is 6.92 Å². The normalized spacial score (nSPS) is 15.8. The molecule has 0 aromatic carbocycles. The number of unbranched alkanes of at least 4 members (excludes halogenated alkanes) is 15. The van der Waals surface area contributed by atoms with Crippen LogP contribution in [0, 0.1) is 5.92 Å². The average molecular weight is 561 g/mol. The second-order valence-electron chi connectivity index (χ2n) is 11.6. The quantitative estimate of drug-likeness (QED) is 0.0749. The van der Waals surface area contributed by atoms with Crippen LogP contribution in [0.5, 0.6) is 0 Å². The Kier molecular flexibility index (Phi) is 25.6. The molecule has 2 N–H and O–H groups in total. The van der Waals surface area contributed by atoms with Crippen molar-refractivity contribution < 1.29 is 28.4 Å². The minimum atomic E-state index is -1.88. The molecule has 1 saturated heterocycles. The summed E-state index contributed by atoms with van der Waals surface area (Å²) in [5.41, 5.74) is 0. The number of hydrogen-bond acceptors (Lipinski definition) is 5. The standard InChI is InChI=1S/C31H62NO5P/c1-3-4-5-6-7-8-9-10-11-12-13-14-15-16-20-25-35-28-31(27-30(2)33)29-37-38(34)36-26-21-19-24-32-22-17-18-23-32/h31,34H,3-29H2,1-2H3/p+1. The largest absolute Gasteiger partial charge is 0.381 e. The van der Waals surface area contributed by atoms with Crippen LogP contribution in [0.3, 0.4) is 0 Å². The van der Waals surface area contributed by atoms with E-state index in [0.29, 0.717) is 26.2 Å². The van der Waals surface area contributed by atoms with Gasteiger partial charge in [0.1, 0.15) is 5.78 Å². The summed E-state index contributed by atoms with van der Waals surface area (Å²) in [6.07, 6.45) is 25.5. The molecule has 1 fully saturated rings. The number of hydrogen-bond donors (Lipinski definition) is 2. The summed E-state index contributed by atoms with van der Waals surface area (Å²) in [5.74, 6) is 0.102. The summed E-state index contributed by atoms with van der Waals surface area (Å²) >= 11 is 0. The second-order valence-corrected chi connectivity index (χ2v) is 12.6. The number of Topliss-reactive ketones (excluding diaryl/α,β-unsaturated/α-hetero) is 1. The lowest BCUT2D eigenvalue weighted by atomic mass is 10.0. The van der Waals surface area contributed by atoms with Crippen molar-refractivity contribution in [1.82, 2.24) is 0 Å². The molecule has 1 aliphatic rings. The monoisotopic (exact) mass is 560 g/mol. The molecule has 6 nitrogen and oxygen atoms in total. The first-order valence-electron chi connectivity index (χ1n) is 16.3. The predicted molar refractivity (Wildman–Crippen MR) is 160 cm³/mol. The smallest absolute Gasteiger partial charge is 0.329 e. The maximum absolute atomic E-state index is 11.6. The second kappa shape index (κ2) is 27.1. The highest BCUT2D eigenvalue weighted by molar-refractivity contribution is 7.40. The van der Waals surface area contributed by atoms with Gasteiger partial charge in [-0.3, -0.25) is 0 Å². The highest BCUT2D eigenvalue weighted by atomic mass is 31.2. The van der Waals surface area contributed by atoms with E-state index in [0.717, 1.165) is 25.9 Å². The fraction of sp³-hybridized carbons (Fsp3) is 0.968. The minimum absolute atomic E-state index is 0.0247. The van der Waals surface area contributed by atoms with E-state index in [4.69, 9.17) is 13.8 Å². The van der Waals surface area contributed by atoms with Gasteiger partial charge in [0, 0.05) is 31.8 Å². The molecule has 226 valence electrons. The number of rotatable bonds is 29. The number of quaternary nitrogens is 1. The summed E-state index contributed by atoms with van der Waals surface area (Å²) in [7, 11) is -1.88. The Morgan fingerprint density at radius 2 is 1.26 bits per heavy atom. The van der Waals surface area contributed by atoms with Crippen molar-refractivity contribution in [2.24, 2.45) is 5.92 Å². The van der Waals surface area contributed by atoms with Gasteiger partial charge in [0.25, 0.3) is 0 Å². The van der Waals surface area contributed by atoms with Crippen LogP contribution in [0.15, 0.2) is 0 Å². The number of ether oxygens (including phenoxy) is 1. The van der Waals surface area contributed by atoms with Crippen LogP contribution in [-0.4, -0.2) is 56.7 Å². The molecule has 1 rings (SSSR count). The Labute approximate surface area is 236 Å². The summed E-state index contributed by atoms with van der Waals surface area (Å²) in [6, 6.07) is 0. The molecule has 2 atom stereocenters. The predicted octanol–water partition coefficient (Wildman–Crippen LogP) is 7.18. The molecule has 0 aromatic rings. The van der Waals surface area contributed by atoms with E-state index in [1.54, 1.807) is 11.8 Å². The molecule has 0 amide bonds. The molecule has 0 spiro atoms. The first kappa shape index (κ1) is 35.9. The molecule has 2 unspecified atom stereocenters. The van der Waals surface area contributed by atoms with Crippen LogP contribution in [0.25, 0.3) is 0 Å². The molecule has 0 radical (unpaired) electrons. The highest BCUT2D eigenvalue weighted by Gasteiger charge is 2.17. The molecule has 1 heterocycles. The number of carbonyl (C=O) groups excluding carboxylic acids is 1. The van der Waals surface area contributed by atoms with E-state index in [9.17, 15) is 9.69 Å². The van der Waals surface area contributed by atoms with Gasteiger partial charge in [-0.05, 0) is 26.2 Å². The van der Waals surface area contributed by atoms with Gasteiger partial charge in [-0.1, -0.05) is 96.8 Å². The van der Waals surface area contributed by atoms with Gasteiger partial charge >= 0.3 is 8.60 Å². The number of nitrogens with one attached hydrogen (secondary N) is 1. The third-order valence-electron chi connectivity index (χ3n) is 7.68. The number of carbonyl (C=O) groups is 1. The summed E-state index contributed by atoms with van der Waals surface area (Å²) < 4.78 is 16.8. The van der Waals surface area contributed by atoms with Crippen molar-refractivity contribution in [3.63, 3.8) is 0 Å². The molecular weight excluding hydrogens is 497 g/mol. The van der Waals surface area contributed by atoms with Gasteiger partial charge in [0.05, 0.1) is 39.5 Å². The Hall–Kier alpha value is -0.100. The Bertz CT molecular complexity index is 518. The number of likely N-dealkylation sites (tertiary alicyclic amines) is 1. The van der Waals surface area contributed by atoms with Crippen LogP contribution < -0.4 is 4.90 Å². The van der Waals surface area contributed by atoms with Crippen LogP contribution in [0.1, 0.15) is 142 Å². The van der Waals surface area contributed by atoms with Crippen LogP contribution >= 0.6 is 8.60 Å². The third-order valence-corrected chi connectivity index (χ3v) is 8.45. The van der Waals surface area contributed by atoms with Crippen molar-refractivity contribution in [3.8, 4) is 0 Å². The van der Waals surface area contributed by atoms with E-state index in [1.807, 2.05) is 0 Å². The fourth-order valence-corrected chi connectivity index (χ4v) is 6.05. The minimum Gasteiger partial charge on any atom is -0.381 e. The van der Waals surface area contributed by atoms with Crippen molar-refractivity contribution in [2.75, 3.05) is 46.1 Å². The van der Waals surface area contributed by atoms with E-state index >= 15 is 0 Å². The zero-order chi connectivity index (χ0) is 27.5. The zero-order valence-electron chi connectivity index (χ0n) is 25.2. The van der Waals surface area contributed by atoms with Crippen molar-refractivity contribution >= 4 is 14.4 Å². The van der Waals surface area contributed by atoms with Gasteiger partial charge < -0.3 is 28.4 Å². The Morgan fingerprint density at radius 3 is 1.82 bits per heavy atom. The topological polar surface area (TPSA) is 69.4 Å². The van der Waals surface area contributed by atoms with Crippen molar-refractivity contribution in [2.45, 2.75) is 142 Å². The molecule has 0 aromatic heterocycles. The number of ketones is 1. The van der Waals surface area contributed by atoms with Gasteiger partial charge in [0.2, 0.25) is 0 Å². The SMILES string of the molecule is CCCCCCCCCCCCCCCCCOCC(COP(O)OCCCC[NH+]1CCCC1)CC(C)=O.